The standard InChI is InChI=1S/C22H13F3N4OS2/c23-22(24,25)21-26-15-9-5-4-8-13(15)19(29-21)32-11-16-27-18(30)17-14(10-31-20(17)28-16)12-6-2-1-3-7-12/h1-10H,11H2,(H,27,28,30). The van der Waals surface area contributed by atoms with Crippen molar-refractivity contribution in [3.63, 3.8) is 0 Å². The van der Waals surface area contributed by atoms with Gasteiger partial charge in [0.25, 0.3) is 5.56 Å². The molecule has 32 heavy (non-hydrogen) atoms. The number of hydrogen-bond acceptors (Lipinski definition) is 6. The molecule has 0 spiro atoms. The lowest BCUT2D eigenvalue weighted by atomic mass is 10.1. The zero-order chi connectivity index (χ0) is 22.3. The Balaban J connectivity index is 1.50. The van der Waals surface area contributed by atoms with Gasteiger partial charge in [0.2, 0.25) is 5.82 Å². The molecular formula is C22H13F3N4OS2. The molecule has 0 fully saturated rings. The van der Waals surface area contributed by atoms with Crippen LogP contribution in [-0.2, 0) is 11.9 Å². The smallest absolute Gasteiger partial charge is 0.309 e. The fraction of sp³-hybridized carbons (Fsp3) is 0.0909. The summed E-state index contributed by atoms with van der Waals surface area (Å²) in [5.74, 6) is -0.672. The van der Waals surface area contributed by atoms with Crippen LogP contribution in [0.25, 0.3) is 32.2 Å². The highest BCUT2D eigenvalue weighted by Crippen LogP contribution is 2.34. The predicted molar refractivity (Wildman–Crippen MR) is 120 cm³/mol. The Kier molecular flexibility index (Phi) is 5.18. The molecule has 0 amide bonds. The van der Waals surface area contributed by atoms with Gasteiger partial charge in [0.1, 0.15) is 15.7 Å². The fourth-order valence-corrected chi connectivity index (χ4v) is 5.17. The van der Waals surface area contributed by atoms with Gasteiger partial charge >= 0.3 is 6.18 Å². The Labute approximate surface area is 187 Å². The van der Waals surface area contributed by atoms with E-state index in [0.717, 1.165) is 22.9 Å². The summed E-state index contributed by atoms with van der Waals surface area (Å²) >= 11 is 2.43. The van der Waals surface area contributed by atoms with E-state index in [4.69, 9.17) is 0 Å². The van der Waals surface area contributed by atoms with E-state index in [1.54, 1.807) is 18.2 Å². The number of rotatable bonds is 4. The molecule has 0 saturated carbocycles. The first-order chi connectivity index (χ1) is 15.4. The molecule has 10 heteroatoms. The molecule has 5 rings (SSSR count). The molecule has 0 aliphatic carbocycles. The number of aromatic nitrogens is 4. The zero-order valence-corrected chi connectivity index (χ0v) is 17.8. The monoisotopic (exact) mass is 470 g/mol. The average Bonchev–Trinajstić information content (AvgIpc) is 3.22. The molecule has 1 N–H and O–H groups in total. The number of thiophene rings is 1. The van der Waals surface area contributed by atoms with Crippen molar-refractivity contribution in [1.29, 1.82) is 0 Å². The fourth-order valence-electron chi connectivity index (χ4n) is 3.31. The maximum Gasteiger partial charge on any atom is 0.451 e. The van der Waals surface area contributed by atoms with Gasteiger partial charge in [0.05, 0.1) is 16.7 Å². The van der Waals surface area contributed by atoms with E-state index in [1.165, 1.54) is 17.4 Å². The largest absolute Gasteiger partial charge is 0.451 e. The SMILES string of the molecule is O=c1[nH]c(CSc2nc(C(F)(F)F)nc3ccccc23)nc2scc(-c3ccccc3)c12. The summed E-state index contributed by atoms with van der Waals surface area (Å²) in [6.07, 6.45) is -4.66. The van der Waals surface area contributed by atoms with E-state index in [9.17, 15) is 18.0 Å². The first kappa shape index (κ1) is 20.7. The van der Waals surface area contributed by atoms with Gasteiger partial charge < -0.3 is 4.98 Å². The summed E-state index contributed by atoms with van der Waals surface area (Å²) in [5, 5.41) is 3.08. The molecule has 0 aliphatic heterocycles. The first-order valence-electron chi connectivity index (χ1n) is 9.43. The lowest BCUT2D eigenvalue weighted by molar-refractivity contribution is -0.145. The quantitative estimate of drug-likeness (QED) is 0.261. The van der Waals surface area contributed by atoms with Crippen molar-refractivity contribution >= 4 is 44.2 Å². The van der Waals surface area contributed by atoms with Gasteiger partial charge in [-0.2, -0.15) is 13.2 Å². The van der Waals surface area contributed by atoms with Gasteiger partial charge in [0.15, 0.2) is 0 Å². The van der Waals surface area contributed by atoms with Crippen LogP contribution >= 0.6 is 23.1 Å². The van der Waals surface area contributed by atoms with Crippen molar-refractivity contribution < 1.29 is 13.2 Å². The molecule has 0 radical (unpaired) electrons. The number of fused-ring (bicyclic) bond motifs is 2. The number of hydrogen-bond donors (Lipinski definition) is 1. The Hall–Kier alpha value is -3.24. The van der Waals surface area contributed by atoms with E-state index in [1.807, 2.05) is 35.7 Å². The highest BCUT2D eigenvalue weighted by molar-refractivity contribution is 7.98. The molecule has 5 nitrogen and oxygen atoms in total. The summed E-state index contributed by atoms with van der Waals surface area (Å²) in [4.78, 5) is 28.0. The van der Waals surface area contributed by atoms with Crippen LogP contribution in [0, 0.1) is 0 Å². The number of nitrogens with zero attached hydrogens (tertiary/aromatic N) is 3. The molecule has 160 valence electrons. The molecule has 3 aromatic heterocycles. The number of benzene rings is 2. The van der Waals surface area contributed by atoms with E-state index >= 15 is 0 Å². The third-order valence-corrected chi connectivity index (χ3v) is 6.62. The van der Waals surface area contributed by atoms with Crippen molar-refractivity contribution in [3.8, 4) is 11.1 Å². The van der Waals surface area contributed by atoms with Crippen LogP contribution < -0.4 is 5.56 Å². The second-order valence-electron chi connectivity index (χ2n) is 6.86. The lowest BCUT2D eigenvalue weighted by Crippen LogP contribution is -2.12. The summed E-state index contributed by atoms with van der Waals surface area (Å²) in [7, 11) is 0. The van der Waals surface area contributed by atoms with Crippen molar-refractivity contribution in [3.05, 3.63) is 82.0 Å². The third kappa shape index (κ3) is 3.87. The Morgan fingerprint density at radius 3 is 2.50 bits per heavy atom. The molecule has 0 unspecified atom stereocenters. The van der Waals surface area contributed by atoms with Crippen molar-refractivity contribution in [1.82, 2.24) is 19.9 Å². The Morgan fingerprint density at radius 2 is 1.72 bits per heavy atom. The zero-order valence-electron chi connectivity index (χ0n) is 16.2. The molecule has 0 saturated heterocycles. The van der Waals surface area contributed by atoms with E-state index < -0.39 is 12.0 Å². The number of alkyl halides is 3. The van der Waals surface area contributed by atoms with E-state index in [-0.39, 0.29) is 21.9 Å². The van der Waals surface area contributed by atoms with Gasteiger partial charge in [-0.25, -0.2) is 15.0 Å². The Bertz CT molecular complexity index is 1500. The van der Waals surface area contributed by atoms with Crippen LogP contribution in [0.2, 0.25) is 0 Å². The number of nitrogens with one attached hydrogen (secondary N) is 1. The Morgan fingerprint density at radius 1 is 0.969 bits per heavy atom. The molecule has 0 aliphatic rings. The van der Waals surface area contributed by atoms with Gasteiger partial charge in [-0.05, 0) is 11.6 Å². The van der Waals surface area contributed by atoms with E-state index in [0.29, 0.717) is 21.4 Å². The number of thioether (sulfide) groups is 1. The minimum Gasteiger partial charge on any atom is -0.309 e. The van der Waals surface area contributed by atoms with Gasteiger partial charge in [-0.15, -0.1) is 11.3 Å². The summed E-state index contributed by atoms with van der Waals surface area (Å²) in [5.41, 5.74) is 1.64. The highest BCUT2D eigenvalue weighted by Gasteiger charge is 2.35. The predicted octanol–water partition coefficient (Wildman–Crippen LogP) is 5.91. The average molecular weight is 471 g/mol. The van der Waals surface area contributed by atoms with Crippen LogP contribution in [0.15, 0.2) is 69.8 Å². The van der Waals surface area contributed by atoms with Crippen LogP contribution in [0.5, 0.6) is 0 Å². The van der Waals surface area contributed by atoms with Gasteiger partial charge in [-0.3, -0.25) is 4.79 Å². The minimum atomic E-state index is -4.66. The van der Waals surface area contributed by atoms with Crippen molar-refractivity contribution in [2.45, 2.75) is 17.0 Å². The highest BCUT2D eigenvalue weighted by atomic mass is 32.2. The van der Waals surface area contributed by atoms with Crippen LogP contribution in [0.1, 0.15) is 11.6 Å². The molecule has 0 atom stereocenters. The van der Waals surface area contributed by atoms with Crippen LogP contribution in [0.4, 0.5) is 13.2 Å². The maximum absolute atomic E-state index is 13.2. The van der Waals surface area contributed by atoms with Crippen molar-refractivity contribution in [2.24, 2.45) is 0 Å². The molecule has 2 aromatic carbocycles. The molecular weight excluding hydrogens is 457 g/mol. The number of para-hydroxylation sites is 1. The van der Waals surface area contributed by atoms with Crippen LogP contribution in [-0.4, -0.2) is 19.9 Å². The lowest BCUT2D eigenvalue weighted by Gasteiger charge is -2.10. The summed E-state index contributed by atoms with van der Waals surface area (Å²) in [6, 6.07) is 16.1. The van der Waals surface area contributed by atoms with Gasteiger partial charge in [0, 0.05) is 16.3 Å². The second-order valence-corrected chi connectivity index (χ2v) is 8.69. The first-order valence-corrected chi connectivity index (χ1v) is 11.3. The number of halogens is 3. The maximum atomic E-state index is 13.2. The van der Waals surface area contributed by atoms with Crippen LogP contribution in [0.3, 0.4) is 0 Å². The van der Waals surface area contributed by atoms with E-state index in [2.05, 4.69) is 19.9 Å². The topological polar surface area (TPSA) is 71.5 Å². The minimum absolute atomic E-state index is 0.155. The summed E-state index contributed by atoms with van der Waals surface area (Å²) in [6.45, 7) is 0. The van der Waals surface area contributed by atoms with Gasteiger partial charge in [-0.1, -0.05) is 60.3 Å². The third-order valence-electron chi connectivity index (χ3n) is 4.75. The summed E-state index contributed by atoms with van der Waals surface area (Å²) < 4.78 is 39.7. The second kappa shape index (κ2) is 8.03. The molecule has 3 heterocycles. The molecule has 0 bridgehead atoms. The number of H-pyrrole nitrogens is 1. The normalized spacial score (nSPS) is 12.0. The van der Waals surface area contributed by atoms with Crippen molar-refractivity contribution in [2.75, 3.05) is 0 Å². The number of aromatic amines is 1. The molecule has 5 aromatic rings.